The molecule has 0 bridgehead atoms. The van der Waals surface area contributed by atoms with Crippen LogP contribution in [0.4, 0.5) is 0 Å². The minimum atomic E-state index is -1.01. The van der Waals surface area contributed by atoms with Crippen molar-refractivity contribution in [1.29, 1.82) is 0 Å². The van der Waals surface area contributed by atoms with E-state index in [1.165, 1.54) is 12.5 Å². The standard InChI is InChI=1S/C15H20N2O3/c1-11(15(19)20)16-14(18)13-8-5-9-17(13)10-12-6-3-2-4-7-12/h2-4,6-7,11,13H,5,8-10H2,1H3,(H,16,18)(H,19,20)/t11-,13-/m1/s1. The quantitative estimate of drug-likeness (QED) is 0.849. The van der Waals surface area contributed by atoms with Crippen LogP contribution in [0.5, 0.6) is 0 Å². The third-order valence-electron chi connectivity index (χ3n) is 3.62. The maximum Gasteiger partial charge on any atom is 0.325 e. The van der Waals surface area contributed by atoms with E-state index < -0.39 is 12.0 Å². The molecule has 1 aliphatic heterocycles. The number of nitrogens with one attached hydrogen (secondary N) is 1. The molecule has 20 heavy (non-hydrogen) atoms. The second-order valence-corrected chi connectivity index (χ2v) is 5.18. The predicted octanol–water partition coefficient (Wildman–Crippen LogP) is 1.24. The van der Waals surface area contributed by atoms with E-state index in [1.54, 1.807) is 0 Å². The van der Waals surface area contributed by atoms with E-state index in [1.807, 2.05) is 30.3 Å². The van der Waals surface area contributed by atoms with E-state index >= 15 is 0 Å². The highest BCUT2D eigenvalue weighted by Crippen LogP contribution is 2.20. The molecule has 1 saturated heterocycles. The van der Waals surface area contributed by atoms with Gasteiger partial charge in [0.2, 0.25) is 5.91 Å². The van der Waals surface area contributed by atoms with Crippen LogP contribution >= 0.6 is 0 Å². The van der Waals surface area contributed by atoms with Gasteiger partial charge < -0.3 is 10.4 Å². The molecule has 2 N–H and O–H groups in total. The Morgan fingerprint density at radius 2 is 2.10 bits per heavy atom. The first-order chi connectivity index (χ1) is 9.58. The van der Waals surface area contributed by atoms with Crippen molar-refractivity contribution in [1.82, 2.24) is 10.2 Å². The molecule has 1 aromatic carbocycles. The van der Waals surface area contributed by atoms with E-state index in [-0.39, 0.29) is 11.9 Å². The normalized spacial score (nSPS) is 20.6. The molecule has 1 amide bonds. The maximum absolute atomic E-state index is 12.1. The molecule has 0 spiro atoms. The van der Waals surface area contributed by atoms with Crippen molar-refractivity contribution >= 4 is 11.9 Å². The molecule has 108 valence electrons. The molecule has 0 saturated carbocycles. The molecule has 1 heterocycles. The summed E-state index contributed by atoms with van der Waals surface area (Å²) in [4.78, 5) is 25.0. The largest absolute Gasteiger partial charge is 0.480 e. The maximum atomic E-state index is 12.1. The number of hydrogen-bond acceptors (Lipinski definition) is 3. The number of nitrogens with zero attached hydrogens (tertiary/aromatic N) is 1. The van der Waals surface area contributed by atoms with Crippen molar-refractivity contribution in [3.8, 4) is 0 Å². The molecule has 0 radical (unpaired) electrons. The Hall–Kier alpha value is -1.88. The number of hydrogen-bond donors (Lipinski definition) is 2. The molecular weight excluding hydrogens is 256 g/mol. The second-order valence-electron chi connectivity index (χ2n) is 5.18. The van der Waals surface area contributed by atoms with Gasteiger partial charge in [-0.25, -0.2) is 0 Å². The third-order valence-corrected chi connectivity index (χ3v) is 3.62. The summed E-state index contributed by atoms with van der Waals surface area (Å²) >= 11 is 0. The van der Waals surface area contributed by atoms with Gasteiger partial charge in [-0.1, -0.05) is 30.3 Å². The van der Waals surface area contributed by atoms with Gasteiger partial charge in [0.25, 0.3) is 0 Å². The van der Waals surface area contributed by atoms with E-state index in [0.29, 0.717) is 0 Å². The van der Waals surface area contributed by atoms with Crippen molar-refractivity contribution in [2.75, 3.05) is 6.54 Å². The van der Waals surface area contributed by atoms with Crippen LogP contribution in [-0.2, 0) is 16.1 Å². The van der Waals surface area contributed by atoms with E-state index in [4.69, 9.17) is 5.11 Å². The number of carbonyl (C=O) groups is 2. The van der Waals surface area contributed by atoms with Gasteiger partial charge in [0.15, 0.2) is 0 Å². The van der Waals surface area contributed by atoms with Crippen LogP contribution in [0.3, 0.4) is 0 Å². The van der Waals surface area contributed by atoms with Gasteiger partial charge in [-0.3, -0.25) is 14.5 Å². The fraction of sp³-hybridized carbons (Fsp3) is 0.467. The summed E-state index contributed by atoms with van der Waals surface area (Å²) in [6, 6.07) is 8.92. The number of carboxylic acid groups (broad SMARTS) is 1. The summed E-state index contributed by atoms with van der Waals surface area (Å²) in [5, 5.41) is 11.4. The van der Waals surface area contributed by atoms with Crippen LogP contribution in [0.2, 0.25) is 0 Å². The first-order valence-electron chi connectivity index (χ1n) is 6.89. The average molecular weight is 276 g/mol. The average Bonchev–Trinajstić information content (AvgIpc) is 2.88. The third kappa shape index (κ3) is 3.57. The van der Waals surface area contributed by atoms with Crippen molar-refractivity contribution in [2.45, 2.75) is 38.4 Å². The molecule has 0 unspecified atom stereocenters. The number of rotatable bonds is 5. The second kappa shape index (κ2) is 6.52. The Labute approximate surface area is 118 Å². The summed E-state index contributed by atoms with van der Waals surface area (Å²) in [5.74, 6) is -1.20. The fourth-order valence-corrected chi connectivity index (χ4v) is 2.50. The summed E-state index contributed by atoms with van der Waals surface area (Å²) in [6.45, 7) is 3.07. The Kier molecular flexibility index (Phi) is 4.74. The molecule has 5 heteroatoms. The van der Waals surface area contributed by atoms with Gasteiger partial charge in [0, 0.05) is 6.54 Å². The van der Waals surface area contributed by atoms with Crippen LogP contribution in [0, 0.1) is 0 Å². The Bertz CT molecular complexity index is 475. The monoisotopic (exact) mass is 276 g/mol. The lowest BCUT2D eigenvalue weighted by atomic mass is 10.1. The van der Waals surface area contributed by atoms with Gasteiger partial charge in [-0.15, -0.1) is 0 Å². The number of aliphatic carboxylic acids is 1. The van der Waals surface area contributed by atoms with E-state index in [0.717, 1.165) is 25.9 Å². The molecule has 1 aromatic rings. The Balaban J connectivity index is 1.96. The van der Waals surface area contributed by atoms with Crippen molar-refractivity contribution in [2.24, 2.45) is 0 Å². The minimum absolute atomic E-state index is 0.187. The lowest BCUT2D eigenvalue weighted by Crippen LogP contribution is -2.48. The molecule has 0 aliphatic carbocycles. The molecule has 2 rings (SSSR count). The van der Waals surface area contributed by atoms with Gasteiger partial charge in [0.05, 0.1) is 6.04 Å². The van der Waals surface area contributed by atoms with Crippen molar-refractivity contribution in [3.63, 3.8) is 0 Å². The van der Waals surface area contributed by atoms with Gasteiger partial charge in [-0.05, 0) is 31.9 Å². The number of carbonyl (C=O) groups excluding carboxylic acids is 1. The summed E-state index contributed by atoms with van der Waals surface area (Å²) in [5.41, 5.74) is 1.17. The first kappa shape index (κ1) is 14.5. The SMILES string of the molecule is C[C@@H](NC(=O)[C@H]1CCCN1Cc1ccccc1)C(=O)O. The van der Waals surface area contributed by atoms with Crippen LogP contribution < -0.4 is 5.32 Å². The highest BCUT2D eigenvalue weighted by Gasteiger charge is 2.31. The molecule has 2 atom stereocenters. The van der Waals surface area contributed by atoms with Crippen LogP contribution in [0.15, 0.2) is 30.3 Å². The fourth-order valence-electron chi connectivity index (χ4n) is 2.50. The van der Waals surface area contributed by atoms with Crippen molar-refractivity contribution < 1.29 is 14.7 Å². The van der Waals surface area contributed by atoms with Crippen molar-refractivity contribution in [3.05, 3.63) is 35.9 Å². The smallest absolute Gasteiger partial charge is 0.325 e. The zero-order valence-electron chi connectivity index (χ0n) is 11.6. The number of carboxylic acids is 1. The Morgan fingerprint density at radius 1 is 1.40 bits per heavy atom. The lowest BCUT2D eigenvalue weighted by molar-refractivity contribution is -0.142. The minimum Gasteiger partial charge on any atom is -0.480 e. The zero-order valence-corrected chi connectivity index (χ0v) is 11.6. The summed E-state index contributed by atoms with van der Waals surface area (Å²) < 4.78 is 0. The van der Waals surface area contributed by atoms with Crippen LogP contribution in [0.25, 0.3) is 0 Å². The van der Waals surface area contributed by atoms with E-state index in [9.17, 15) is 9.59 Å². The van der Waals surface area contributed by atoms with Gasteiger partial charge >= 0.3 is 5.97 Å². The van der Waals surface area contributed by atoms with Crippen LogP contribution in [-0.4, -0.2) is 40.5 Å². The first-order valence-corrected chi connectivity index (χ1v) is 6.89. The highest BCUT2D eigenvalue weighted by atomic mass is 16.4. The highest BCUT2D eigenvalue weighted by molar-refractivity contribution is 5.86. The molecular formula is C15H20N2O3. The molecule has 5 nitrogen and oxygen atoms in total. The molecule has 1 fully saturated rings. The predicted molar refractivity (Wildman–Crippen MR) is 75.1 cm³/mol. The summed E-state index contributed by atoms with van der Waals surface area (Å²) in [7, 11) is 0. The van der Waals surface area contributed by atoms with Gasteiger partial charge in [0.1, 0.15) is 6.04 Å². The van der Waals surface area contributed by atoms with E-state index in [2.05, 4.69) is 10.2 Å². The topological polar surface area (TPSA) is 69.6 Å². The molecule has 0 aromatic heterocycles. The molecule has 1 aliphatic rings. The number of amides is 1. The number of likely N-dealkylation sites (tertiary alicyclic amines) is 1. The van der Waals surface area contributed by atoms with Crippen LogP contribution in [0.1, 0.15) is 25.3 Å². The lowest BCUT2D eigenvalue weighted by Gasteiger charge is -2.24. The van der Waals surface area contributed by atoms with Gasteiger partial charge in [-0.2, -0.15) is 0 Å². The zero-order chi connectivity index (χ0) is 14.5. The number of benzene rings is 1. The Morgan fingerprint density at radius 3 is 2.75 bits per heavy atom. The summed E-state index contributed by atoms with van der Waals surface area (Å²) in [6.07, 6.45) is 1.75.